The molecular formula is C13H25NO2. The molecule has 3 nitrogen and oxygen atoms in total. The van der Waals surface area contributed by atoms with E-state index < -0.39 is 5.97 Å². The van der Waals surface area contributed by atoms with E-state index in [0.717, 1.165) is 19.4 Å². The number of carboxylic acid groups (broad SMARTS) is 1. The normalized spacial score (nSPS) is 33.6. The highest BCUT2D eigenvalue weighted by Crippen LogP contribution is 2.29. The van der Waals surface area contributed by atoms with Gasteiger partial charge in [0.1, 0.15) is 6.04 Å². The Kier molecular flexibility index (Phi) is 4.78. The van der Waals surface area contributed by atoms with Crippen molar-refractivity contribution >= 4 is 5.97 Å². The van der Waals surface area contributed by atoms with Crippen molar-refractivity contribution in [3.05, 3.63) is 0 Å². The number of likely N-dealkylation sites (tertiary alicyclic amines) is 1. The Hall–Kier alpha value is -0.570. The number of piperidine rings is 1. The lowest BCUT2D eigenvalue weighted by molar-refractivity contribution is -0.146. The van der Waals surface area contributed by atoms with Gasteiger partial charge in [-0.3, -0.25) is 9.69 Å². The second-order valence-electron chi connectivity index (χ2n) is 5.40. The third-order valence-corrected chi connectivity index (χ3v) is 3.89. The lowest BCUT2D eigenvalue weighted by Gasteiger charge is -2.44. The molecule has 1 aliphatic heterocycles. The molecule has 0 saturated carbocycles. The molecule has 1 saturated heterocycles. The van der Waals surface area contributed by atoms with Crippen LogP contribution in [-0.4, -0.2) is 34.6 Å². The van der Waals surface area contributed by atoms with Crippen molar-refractivity contribution in [1.82, 2.24) is 4.90 Å². The van der Waals surface area contributed by atoms with Crippen LogP contribution < -0.4 is 0 Å². The zero-order chi connectivity index (χ0) is 12.3. The maximum atomic E-state index is 11.3. The number of hydrogen-bond donors (Lipinski definition) is 1. The van der Waals surface area contributed by atoms with E-state index in [-0.39, 0.29) is 6.04 Å². The molecule has 1 rings (SSSR count). The maximum absolute atomic E-state index is 11.3. The van der Waals surface area contributed by atoms with Gasteiger partial charge in [-0.15, -0.1) is 0 Å². The van der Waals surface area contributed by atoms with Crippen LogP contribution in [-0.2, 0) is 4.79 Å². The van der Waals surface area contributed by atoms with Crippen LogP contribution in [0.5, 0.6) is 0 Å². The largest absolute Gasteiger partial charge is 0.480 e. The summed E-state index contributed by atoms with van der Waals surface area (Å²) in [4.78, 5) is 13.5. The van der Waals surface area contributed by atoms with E-state index in [9.17, 15) is 9.90 Å². The molecule has 0 aliphatic carbocycles. The first-order valence-corrected chi connectivity index (χ1v) is 6.45. The van der Waals surface area contributed by atoms with Gasteiger partial charge in [0, 0.05) is 12.6 Å². The third-order valence-electron chi connectivity index (χ3n) is 3.89. The second kappa shape index (κ2) is 5.67. The quantitative estimate of drug-likeness (QED) is 0.802. The molecule has 4 unspecified atom stereocenters. The third kappa shape index (κ3) is 2.97. The van der Waals surface area contributed by atoms with Crippen LogP contribution in [0.15, 0.2) is 0 Å². The summed E-state index contributed by atoms with van der Waals surface area (Å²) in [6.07, 6.45) is 2.91. The highest BCUT2D eigenvalue weighted by atomic mass is 16.4. The van der Waals surface area contributed by atoms with Crippen LogP contribution in [0, 0.1) is 11.8 Å². The average molecular weight is 227 g/mol. The van der Waals surface area contributed by atoms with Crippen LogP contribution in [0.4, 0.5) is 0 Å². The molecule has 0 aromatic carbocycles. The summed E-state index contributed by atoms with van der Waals surface area (Å²) in [5.74, 6) is 0.558. The van der Waals surface area contributed by atoms with Crippen molar-refractivity contribution < 1.29 is 9.90 Å². The minimum Gasteiger partial charge on any atom is -0.480 e. The molecule has 1 fully saturated rings. The number of rotatable bonds is 4. The van der Waals surface area contributed by atoms with Crippen LogP contribution in [0.1, 0.15) is 47.0 Å². The lowest BCUT2D eigenvalue weighted by Crippen LogP contribution is -2.53. The summed E-state index contributed by atoms with van der Waals surface area (Å²) in [5, 5.41) is 9.31. The molecule has 94 valence electrons. The van der Waals surface area contributed by atoms with Gasteiger partial charge in [-0.25, -0.2) is 0 Å². The molecule has 0 amide bonds. The number of carboxylic acids is 1. The van der Waals surface area contributed by atoms with Gasteiger partial charge < -0.3 is 5.11 Å². The number of nitrogens with zero attached hydrogens (tertiary/aromatic N) is 1. The summed E-state index contributed by atoms with van der Waals surface area (Å²) in [6.45, 7) is 9.61. The first kappa shape index (κ1) is 13.5. The van der Waals surface area contributed by atoms with Gasteiger partial charge in [0.15, 0.2) is 0 Å². The lowest BCUT2D eigenvalue weighted by atomic mass is 9.84. The Morgan fingerprint density at radius 1 is 1.44 bits per heavy atom. The molecule has 3 heteroatoms. The van der Waals surface area contributed by atoms with Gasteiger partial charge in [-0.1, -0.05) is 27.2 Å². The van der Waals surface area contributed by atoms with Gasteiger partial charge in [0.05, 0.1) is 0 Å². The first-order chi connectivity index (χ1) is 7.47. The van der Waals surface area contributed by atoms with Crippen molar-refractivity contribution in [2.75, 3.05) is 6.54 Å². The van der Waals surface area contributed by atoms with Crippen LogP contribution in [0.2, 0.25) is 0 Å². The Morgan fingerprint density at radius 2 is 2.06 bits per heavy atom. The van der Waals surface area contributed by atoms with Crippen molar-refractivity contribution in [3.8, 4) is 0 Å². The minimum absolute atomic E-state index is 0.287. The molecule has 16 heavy (non-hydrogen) atoms. The number of carbonyl (C=O) groups is 1. The summed E-state index contributed by atoms with van der Waals surface area (Å²) in [5.41, 5.74) is 0. The molecule has 0 aromatic heterocycles. The maximum Gasteiger partial charge on any atom is 0.320 e. The molecule has 0 radical (unpaired) electrons. The molecular weight excluding hydrogens is 202 g/mol. The van der Waals surface area contributed by atoms with E-state index in [1.807, 2.05) is 0 Å². The first-order valence-electron chi connectivity index (χ1n) is 6.45. The summed E-state index contributed by atoms with van der Waals surface area (Å²) >= 11 is 0. The zero-order valence-electron chi connectivity index (χ0n) is 10.9. The van der Waals surface area contributed by atoms with E-state index >= 15 is 0 Å². The van der Waals surface area contributed by atoms with E-state index in [1.165, 1.54) is 6.42 Å². The summed E-state index contributed by atoms with van der Waals surface area (Å²) < 4.78 is 0. The van der Waals surface area contributed by atoms with Crippen LogP contribution >= 0.6 is 0 Å². The molecule has 0 spiro atoms. The predicted octanol–water partition coefficient (Wildman–Crippen LogP) is 2.61. The molecule has 1 aliphatic rings. The van der Waals surface area contributed by atoms with Crippen LogP contribution in [0.25, 0.3) is 0 Å². The van der Waals surface area contributed by atoms with Gasteiger partial charge in [-0.05, 0) is 31.6 Å². The molecule has 1 heterocycles. The van der Waals surface area contributed by atoms with Crippen molar-refractivity contribution in [2.24, 2.45) is 11.8 Å². The van der Waals surface area contributed by atoms with E-state index in [4.69, 9.17) is 0 Å². The van der Waals surface area contributed by atoms with Gasteiger partial charge >= 0.3 is 5.97 Å². The molecule has 1 N–H and O–H groups in total. The van der Waals surface area contributed by atoms with E-state index in [0.29, 0.717) is 17.9 Å². The Morgan fingerprint density at radius 3 is 2.56 bits per heavy atom. The molecule has 0 bridgehead atoms. The van der Waals surface area contributed by atoms with Crippen molar-refractivity contribution in [1.29, 1.82) is 0 Å². The minimum atomic E-state index is -0.657. The highest BCUT2D eigenvalue weighted by molar-refractivity contribution is 5.73. The Labute approximate surface area is 98.8 Å². The second-order valence-corrected chi connectivity index (χ2v) is 5.40. The number of hydrogen-bond acceptors (Lipinski definition) is 2. The Balaban J connectivity index is 2.77. The Bertz CT molecular complexity index is 242. The van der Waals surface area contributed by atoms with E-state index in [1.54, 1.807) is 0 Å². The number of aliphatic carboxylic acids is 1. The van der Waals surface area contributed by atoms with Crippen molar-refractivity contribution in [2.45, 2.75) is 59.0 Å². The standard InChI is InChI=1S/C13H25NO2/c1-5-6-12(13(15)16)14-8-9(2)7-10(3)11(14)4/h9-12H,5-8H2,1-4H3,(H,15,16). The topological polar surface area (TPSA) is 40.5 Å². The SMILES string of the molecule is CCCC(C(=O)O)N1CC(C)CC(C)C1C. The molecule has 4 atom stereocenters. The highest BCUT2D eigenvalue weighted by Gasteiger charge is 2.35. The van der Waals surface area contributed by atoms with E-state index in [2.05, 4.69) is 32.6 Å². The fourth-order valence-electron chi connectivity index (χ4n) is 2.87. The average Bonchev–Trinajstić information content (AvgIpc) is 2.20. The van der Waals surface area contributed by atoms with Gasteiger partial charge in [-0.2, -0.15) is 0 Å². The fraction of sp³-hybridized carbons (Fsp3) is 0.923. The predicted molar refractivity (Wildman–Crippen MR) is 65.4 cm³/mol. The summed E-state index contributed by atoms with van der Waals surface area (Å²) in [6, 6.07) is 0.106. The fourth-order valence-corrected chi connectivity index (χ4v) is 2.87. The molecule has 0 aromatic rings. The monoisotopic (exact) mass is 227 g/mol. The van der Waals surface area contributed by atoms with Gasteiger partial charge in [0.25, 0.3) is 0 Å². The smallest absolute Gasteiger partial charge is 0.320 e. The van der Waals surface area contributed by atoms with Crippen LogP contribution in [0.3, 0.4) is 0 Å². The van der Waals surface area contributed by atoms with Crippen molar-refractivity contribution in [3.63, 3.8) is 0 Å². The van der Waals surface area contributed by atoms with Gasteiger partial charge in [0.2, 0.25) is 0 Å². The summed E-state index contributed by atoms with van der Waals surface area (Å²) in [7, 11) is 0. The zero-order valence-corrected chi connectivity index (χ0v) is 10.9.